The summed E-state index contributed by atoms with van der Waals surface area (Å²) in [7, 11) is 0. The minimum absolute atomic E-state index is 0.186. The maximum atomic E-state index is 13.3. The van der Waals surface area contributed by atoms with Crippen LogP contribution in [0.1, 0.15) is 18.9 Å². The molecule has 0 bridgehead atoms. The third-order valence-electron chi connectivity index (χ3n) is 3.21. The lowest BCUT2D eigenvalue weighted by Gasteiger charge is -2.34. The van der Waals surface area contributed by atoms with E-state index in [-0.39, 0.29) is 11.2 Å². The van der Waals surface area contributed by atoms with Crippen molar-refractivity contribution in [3.05, 3.63) is 34.1 Å². The average Bonchev–Trinajstić information content (AvgIpc) is 2.22. The van der Waals surface area contributed by atoms with Gasteiger partial charge in [0.25, 0.3) is 0 Å². The molecule has 4 heteroatoms. The van der Waals surface area contributed by atoms with Crippen molar-refractivity contribution < 1.29 is 4.39 Å². The first-order valence-electron chi connectivity index (χ1n) is 5.86. The normalized spacial score (nSPS) is 26.1. The lowest BCUT2D eigenvalue weighted by molar-refractivity contribution is 0.180. The van der Waals surface area contributed by atoms with Gasteiger partial charge in [-0.15, -0.1) is 11.6 Å². The molecule has 2 atom stereocenters. The van der Waals surface area contributed by atoms with Gasteiger partial charge in [0.05, 0.1) is 0 Å². The van der Waals surface area contributed by atoms with Crippen molar-refractivity contribution in [2.24, 2.45) is 5.92 Å². The van der Waals surface area contributed by atoms with Crippen molar-refractivity contribution in [3.63, 3.8) is 0 Å². The van der Waals surface area contributed by atoms with E-state index in [4.69, 9.17) is 11.6 Å². The van der Waals surface area contributed by atoms with Gasteiger partial charge in [-0.25, -0.2) is 4.39 Å². The number of piperidine rings is 1. The van der Waals surface area contributed by atoms with Crippen LogP contribution in [0.5, 0.6) is 0 Å². The van der Waals surface area contributed by atoms with E-state index in [9.17, 15) is 4.39 Å². The number of alkyl halides is 1. The molecule has 0 aliphatic carbocycles. The summed E-state index contributed by atoms with van der Waals surface area (Å²) in [6.07, 6.45) is 1.01. The van der Waals surface area contributed by atoms with E-state index in [1.165, 1.54) is 6.07 Å². The van der Waals surface area contributed by atoms with Crippen LogP contribution >= 0.6 is 27.5 Å². The lowest BCUT2D eigenvalue weighted by atomic mass is 9.99. The van der Waals surface area contributed by atoms with Crippen molar-refractivity contribution >= 4 is 27.5 Å². The van der Waals surface area contributed by atoms with Gasteiger partial charge in [0.15, 0.2) is 0 Å². The number of hydrogen-bond donors (Lipinski definition) is 0. The maximum Gasteiger partial charge on any atom is 0.124 e. The summed E-state index contributed by atoms with van der Waals surface area (Å²) >= 11 is 9.51. The van der Waals surface area contributed by atoms with Gasteiger partial charge in [-0.05, 0) is 42.6 Å². The highest BCUT2D eigenvalue weighted by Crippen LogP contribution is 2.24. The van der Waals surface area contributed by atoms with Gasteiger partial charge in [0.1, 0.15) is 5.82 Å². The van der Waals surface area contributed by atoms with E-state index in [1.807, 2.05) is 6.07 Å². The Morgan fingerprint density at radius 1 is 1.47 bits per heavy atom. The zero-order valence-corrected chi connectivity index (χ0v) is 12.1. The van der Waals surface area contributed by atoms with Crippen LogP contribution in [0.15, 0.2) is 22.7 Å². The molecule has 0 saturated carbocycles. The largest absolute Gasteiger partial charge is 0.299 e. The van der Waals surface area contributed by atoms with Crippen molar-refractivity contribution in [2.45, 2.75) is 25.3 Å². The first kappa shape index (κ1) is 13.3. The SMILES string of the molecule is CC1CN(Cc2cc(F)cc(Br)c2)CCC1Cl. The molecule has 1 aromatic carbocycles. The van der Waals surface area contributed by atoms with Gasteiger partial charge < -0.3 is 0 Å². The Kier molecular flexibility index (Phi) is 4.45. The Bertz CT molecular complexity index is 379. The second-order valence-electron chi connectivity index (χ2n) is 4.79. The highest BCUT2D eigenvalue weighted by Gasteiger charge is 2.24. The molecule has 94 valence electrons. The van der Waals surface area contributed by atoms with Crippen molar-refractivity contribution in [2.75, 3.05) is 13.1 Å². The summed E-state index contributed by atoms with van der Waals surface area (Å²) in [6, 6.07) is 5.06. The summed E-state index contributed by atoms with van der Waals surface area (Å²) in [5.41, 5.74) is 1.01. The Morgan fingerprint density at radius 2 is 2.24 bits per heavy atom. The van der Waals surface area contributed by atoms with Crippen molar-refractivity contribution in [3.8, 4) is 0 Å². The monoisotopic (exact) mass is 319 g/mol. The summed E-state index contributed by atoms with van der Waals surface area (Å²) in [6.45, 7) is 4.95. The summed E-state index contributed by atoms with van der Waals surface area (Å²) < 4.78 is 14.1. The molecule has 1 nitrogen and oxygen atoms in total. The predicted octanol–water partition coefficient (Wildman–Crippen LogP) is 4.04. The fraction of sp³-hybridized carbons (Fsp3) is 0.538. The Morgan fingerprint density at radius 3 is 2.88 bits per heavy atom. The number of hydrogen-bond acceptors (Lipinski definition) is 1. The Balaban J connectivity index is 2.01. The molecule has 1 aliphatic heterocycles. The molecule has 1 aliphatic rings. The first-order valence-corrected chi connectivity index (χ1v) is 7.09. The van der Waals surface area contributed by atoms with Crippen LogP contribution in [0.2, 0.25) is 0 Å². The number of halogens is 3. The van der Waals surface area contributed by atoms with Crippen LogP contribution in [-0.4, -0.2) is 23.4 Å². The molecule has 2 unspecified atom stereocenters. The zero-order valence-electron chi connectivity index (χ0n) is 9.80. The van der Waals surface area contributed by atoms with Crippen LogP contribution in [0.25, 0.3) is 0 Å². The van der Waals surface area contributed by atoms with E-state index in [0.29, 0.717) is 5.92 Å². The molecule has 0 spiro atoms. The molecular formula is C13H16BrClFN. The molecule has 1 fully saturated rings. The fourth-order valence-electron chi connectivity index (χ4n) is 2.31. The van der Waals surface area contributed by atoms with E-state index in [1.54, 1.807) is 6.07 Å². The highest BCUT2D eigenvalue weighted by molar-refractivity contribution is 9.10. The second-order valence-corrected chi connectivity index (χ2v) is 6.27. The highest BCUT2D eigenvalue weighted by atomic mass is 79.9. The smallest absolute Gasteiger partial charge is 0.124 e. The summed E-state index contributed by atoms with van der Waals surface area (Å²) in [5.74, 6) is 0.317. The van der Waals surface area contributed by atoms with E-state index in [0.717, 1.165) is 36.1 Å². The third-order valence-corrected chi connectivity index (χ3v) is 4.32. The Labute approximate surface area is 115 Å². The molecule has 1 heterocycles. The average molecular weight is 321 g/mol. The molecule has 0 aromatic heterocycles. The van der Waals surface area contributed by atoms with Gasteiger partial charge in [-0.1, -0.05) is 22.9 Å². The summed E-state index contributed by atoms with van der Waals surface area (Å²) in [4.78, 5) is 2.34. The van der Waals surface area contributed by atoms with Gasteiger partial charge in [0.2, 0.25) is 0 Å². The van der Waals surface area contributed by atoms with Gasteiger partial charge in [-0.2, -0.15) is 0 Å². The van der Waals surface area contributed by atoms with Crippen LogP contribution in [0.4, 0.5) is 4.39 Å². The molecule has 2 rings (SSSR count). The van der Waals surface area contributed by atoms with E-state index >= 15 is 0 Å². The van der Waals surface area contributed by atoms with E-state index in [2.05, 4.69) is 27.8 Å². The summed E-state index contributed by atoms with van der Waals surface area (Å²) in [5, 5.41) is 0.283. The first-order chi connectivity index (χ1) is 8.04. The number of rotatable bonds is 2. The minimum Gasteiger partial charge on any atom is -0.299 e. The van der Waals surface area contributed by atoms with Crippen molar-refractivity contribution in [1.82, 2.24) is 4.90 Å². The quantitative estimate of drug-likeness (QED) is 0.744. The molecular weight excluding hydrogens is 305 g/mol. The van der Waals surface area contributed by atoms with Gasteiger partial charge in [-0.3, -0.25) is 4.90 Å². The third kappa shape index (κ3) is 3.67. The molecule has 1 saturated heterocycles. The zero-order chi connectivity index (χ0) is 12.4. The van der Waals surface area contributed by atoms with Crippen LogP contribution in [0, 0.1) is 11.7 Å². The standard InChI is InChI=1S/C13H16BrClFN/c1-9-7-17(3-2-13(9)15)8-10-4-11(14)6-12(16)5-10/h4-6,9,13H,2-3,7-8H2,1H3. The van der Waals surface area contributed by atoms with E-state index < -0.39 is 0 Å². The predicted molar refractivity (Wildman–Crippen MR) is 72.8 cm³/mol. The maximum absolute atomic E-state index is 13.3. The minimum atomic E-state index is -0.186. The van der Waals surface area contributed by atoms with Crippen LogP contribution in [-0.2, 0) is 6.54 Å². The molecule has 0 amide bonds. The number of benzene rings is 1. The van der Waals surface area contributed by atoms with Crippen LogP contribution in [0.3, 0.4) is 0 Å². The fourth-order valence-corrected chi connectivity index (χ4v) is 3.00. The molecule has 0 N–H and O–H groups in total. The molecule has 0 radical (unpaired) electrons. The topological polar surface area (TPSA) is 3.24 Å². The van der Waals surface area contributed by atoms with Crippen LogP contribution < -0.4 is 0 Å². The number of likely N-dealkylation sites (tertiary alicyclic amines) is 1. The number of nitrogens with zero attached hydrogens (tertiary/aromatic N) is 1. The molecule has 17 heavy (non-hydrogen) atoms. The lowest BCUT2D eigenvalue weighted by Crippen LogP contribution is -2.39. The second kappa shape index (κ2) is 5.68. The van der Waals surface area contributed by atoms with Gasteiger partial charge >= 0.3 is 0 Å². The Hall–Kier alpha value is -0.120. The molecule has 1 aromatic rings. The van der Waals surface area contributed by atoms with Gasteiger partial charge in [0, 0.05) is 22.9 Å². The van der Waals surface area contributed by atoms with Crippen molar-refractivity contribution in [1.29, 1.82) is 0 Å².